The minimum atomic E-state index is -0.670. The maximum Gasteiger partial charge on any atom is 0.348 e. The summed E-state index contributed by atoms with van der Waals surface area (Å²) >= 11 is 1.02. The summed E-state index contributed by atoms with van der Waals surface area (Å²) in [6.07, 6.45) is 1.39. The number of hydrogen-bond donors (Lipinski definition) is 2. The van der Waals surface area contributed by atoms with E-state index in [-0.39, 0.29) is 22.3 Å². The second-order valence-electron chi connectivity index (χ2n) is 7.88. The van der Waals surface area contributed by atoms with Gasteiger partial charge in [-0.1, -0.05) is 20.8 Å². The largest absolute Gasteiger partial charge is 0.459 e. The summed E-state index contributed by atoms with van der Waals surface area (Å²) in [7, 11) is 0. The van der Waals surface area contributed by atoms with Gasteiger partial charge in [0.05, 0.1) is 11.3 Å². The van der Waals surface area contributed by atoms with E-state index in [1.165, 1.54) is 18.4 Å². The molecular formula is C23H22N2O6S. The molecule has 0 atom stereocenters. The van der Waals surface area contributed by atoms with Gasteiger partial charge in [-0.2, -0.15) is 0 Å². The van der Waals surface area contributed by atoms with Gasteiger partial charge in [0, 0.05) is 16.7 Å². The highest BCUT2D eigenvalue weighted by atomic mass is 32.1. The van der Waals surface area contributed by atoms with Crippen LogP contribution in [-0.2, 0) is 9.53 Å². The van der Waals surface area contributed by atoms with Gasteiger partial charge in [-0.3, -0.25) is 14.4 Å². The summed E-state index contributed by atoms with van der Waals surface area (Å²) in [5.74, 6) is -1.47. The van der Waals surface area contributed by atoms with E-state index in [1.807, 2.05) is 0 Å². The number of carbonyl (C=O) groups is 4. The van der Waals surface area contributed by atoms with Crippen molar-refractivity contribution in [3.8, 4) is 0 Å². The number of furan rings is 1. The van der Waals surface area contributed by atoms with Gasteiger partial charge in [-0.15, -0.1) is 11.3 Å². The van der Waals surface area contributed by atoms with Crippen molar-refractivity contribution in [3.05, 3.63) is 71.0 Å². The van der Waals surface area contributed by atoms with Gasteiger partial charge in [-0.05, 0) is 48.5 Å². The Morgan fingerprint density at radius 1 is 0.969 bits per heavy atom. The van der Waals surface area contributed by atoms with E-state index in [9.17, 15) is 19.2 Å². The fraction of sp³-hybridized carbons (Fsp3) is 0.217. The molecule has 1 aromatic carbocycles. The smallest absolute Gasteiger partial charge is 0.348 e. The number of nitrogens with one attached hydrogen (secondary N) is 2. The van der Waals surface area contributed by atoms with Crippen molar-refractivity contribution >= 4 is 45.6 Å². The zero-order valence-electron chi connectivity index (χ0n) is 17.8. The van der Waals surface area contributed by atoms with Gasteiger partial charge in [0.15, 0.2) is 18.2 Å². The molecule has 0 aliphatic carbocycles. The molecule has 0 saturated carbocycles. The Morgan fingerprint density at radius 3 is 2.31 bits per heavy atom. The number of Topliss-reactive ketones (excluding diaryl/α,β-unsaturated/α-hetero) is 1. The summed E-state index contributed by atoms with van der Waals surface area (Å²) < 4.78 is 10.1. The zero-order chi connectivity index (χ0) is 23.3. The van der Waals surface area contributed by atoms with Crippen molar-refractivity contribution in [2.75, 3.05) is 17.2 Å². The number of rotatable bonds is 7. The van der Waals surface area contributed by atoms with Gasteiger partial charge in [0.25, 0.3) is 5.91 Å². The molecule has 2 heterocycles. The minimum Gasteiger partial charge on any atom is -0.459 e. The lowest BCUT2D eigenvalue weighted by Gasteiger charge is -2.17. The average molecular weight is 455 g/mol. The molecule has 0 aliphatic heterocycles. The van der Waals surface area contributed by atoms with Crippen LogP contribution < -0.4 is 10.6 Å². The molecule has 0 spiro atoms. The highest BCUT2D eigenvalue weighted by Gasteiger charge is 2.21. The molecule has 0 bridgehead atoms. The number of thiophene rings is 1. The summed E-state index contributed by atoms with van der Waals surface area (Å²) in [6, 6.07) is 12.5. The molecule has 32 heavy (non-hydrogen) atoms. The Hall–Kier alpha value is -3.72. The zero-order valence-corrected chi connectivity index (χ0v) is 18.6. The number of ketones is 1. The van der Waals surface area contributed by atoms with Crippen molar-refractivity contribution in [1.82, 2.24) is 0 Å². The molecule has 2 aromatic heterocycles. The fourth-order valence-corrected chi connectivity index (χ4v) is 3.23. The van der Waals surface area contributed by atoms with E-state index in [0.717, 1.165) is 11.3 Å². The molecule has 2 amide bonds. The number of esters is 1. The second-order valence-corrected chi connectivity index (χ2v) is 8.96. The quantitative estimate of drug-likeness (QED) is 0.398. The minimum absolute atomic E-state index is 0.138. The topological polar surface area (TPSA) is 115 Å². The molecule has 0 saturated heterocycles. The van der Waals surface area contributed by atoms with E-state index < -0.39 is 23.9 Å². The number of benzene rings is 1. The maximum atomic E-state index is 12.3. The predicted octanol–water partition coefficient (Wildman–Crippen LogP) is 4.62. The fourth-order valence-electron chi connectivity index (χ4n) is 2.44. The van der Waals surface area contributed by atoms with Crippen LogP contribution >= 0.6 is 11.3 Å². The van der Waals surface area contributed by atoms with Gasteiger partial charge >= 0.3 is 5.97 Å². The first-order chi connectivity index (χ1) is 15.1. The number of carbonyl (C=O) groups excluding carboxylic acids is 4. The van der Waals surface area contributed by atoms with E-state index in [0.29, 0.717) is 16.3 Å². The Balaban J connectivity index is 1.51. The van der Waals surface area contributed by atoms with Crippen LogP contribution in [0.2, 0.25) is 0 Å². The van der Waals surface area contributed by atoms with Gasteiger partial charge < -0.3 is 19.8 Å². The van der Waals surface area contributed by atoms with Crippen LogP contribution in [0.25, 0.3) is 0 Å². The van der Waals surface area contributed by atoms with Crippen LogP contribution in [0.5, 0.6) is 0 Å². The van der Waals surface area contributed by atoms with Crippen molar-refractivity contribution in [1.29, 1.82) is 0 Å². The molecule has 3 aromatic rings. The number of ether oxygens (including phenoxy) is 1. The lowest BCUT2D eigenvalue weighted by atomic mass is 9.95. The van der Waals surface area contributed by atoms with Gasteiger partial charge in [0.1, 0.15) is 4.88 Å². The summed E-state index contributed by atoms with van der Waals surface area (Å²) in [5, 5.41) is 5.84. The second kappa shape index (κ2) is 9.61. The van der Waals surface area contributed by atoms with E-state index in [2.05, 4.69) is 10.6 Å². The van der Waals surface area contributed by atoms with Crippen molar-refractivity contribution in [2.45, 2.75) is 20.8 Å². The third-order valence-electron chi connectivity index (χ3n) is 4.27. The SMILES string of the molecule is CC(C)(C)C(=O)Nc1ccc(C(=O)COC(=O)c2ccc(NC(=O)c3ccco3)s2)cc1. The van der Waals surface area contributed by atoms with E-state index in [1.54, 1.807) is 57.2 Å². The van der Waals surface area contributed by atoms with Crippen LogP contribution in [0.1, 0.15) is 51.4 Å². The molecule has 2 N–H and O–H groups in total. The highest BCUT2D eigenvalue weighted by Crippen LogP contribution is 2.23. The van der Waals surface area contributed by atoms with E-state index in [4.69, 9.17) is 9.15 Å². The first-order valence-corrected chi connectivity index (χ1v) is 10.5. The van der Waals surface area contributed by atoms with Crippen LogP contribution in [0, 0.1) is 5.41 Å². The van der Waals surface area contributed by atoms with Gasteiger partial charge in [0.2, 0.25) is 5.91 Å². The van der Waals surface area contributed by atoms with Gasteiger partial charge in [-0.25, -0.2) is 4.79 Å². The molecular weight excluding hydrogens is 432 g/mol. The van der Waals surface area contributed by atoms with E-state index >= 15 is 0 Å². The third kappa shape index (κ3) is 5.92. The van der Waals surface area contributed by atoms with Crippen LogP contribution in [0.15, 0.2) is 59.2 Å². The first kappa shape index (κ1) is 23.0. The maximum absolute atomic E-state index is 12.3. The van der Waals surface area contributed by atoms with Crippen LogP contribution in [0.4, 0.5) is 10.7 Å². The predicted molar refractivity (Wildman–Crippen MR) is 120 cm³/mol. The monoisotopic (exact) mass is 454 g/mol. The Morgan fingerprint density at radius 2 is 1.69 bits per heavy atom. The molecule has 3 rings (SSSR count). The Kier molecular flexibility index (Phi) is 6.89. The molecule has 0 radical (unpaired) electrons. The highest BCUT2D eigenvalue weighted by molar-refractivity contribution is 7.18. The number of anilines is 2. The number of hydrogen-bond acceptors (Lipinski definition) is 7. The summed E-state index contributed by atoms with van der Waals surface area (Å²) in [5.41, 5.74) is 0.386. The summed E-state index contributed by atoms with van der Waals surface area (Å²) in [4.78, 5) is 48.8. The van der Waals surface area contributed by atoms with Crippen LogP contribution in [0.3, 0.4) is 0 Å². The molecule has 0 fully saturated rings. The molecule has 166 valence electrons. The first-order valence-electron chi connectivity index (χ1n) is 9.70. The molecule has 9 heteroatoms. The van der Waals surface area contributed by atoms with Crippen molar-refractivity contribution in [2.24, 2.45) is 5.41 Å². The average Bonchev–Trinajstić information content (AvgIpc) is 3.44. The lowest BCUT2D eigenvalue weighted by Crippen LogP contribution is -2.27. The molecule has 0 aliphatic rings. The Labute approximate surface area is 188 Å². The van der Waals surface area contributed by atoms with Crippen molar-refractivity contribution < 1.29 is 28.3 Å². The molecule has 8 nitrogen and oxygen atoms in total. The van der Waals surface area contributed by atoms with Crippen molar-refractivity contribution in [3.63, 3.8) is 0 Å². The third-order valence-corrected chi connectivity index (χ3v) is 5.25. The summed E-state index contributed by atoms with van der Waals surface area (Å²) in [6.45, 7) is 4.98. The molecule has 0 unspecified atom stereocenters. The standard InChI is InChI=1S/C23H22N2O6S/c1-23(2,3)22(29)24-15-8-6-14(7-9-15)16(26)13-31-21(28)18-10-11-19(32-18)25-20(27)17-5-4-12-30-17/h4-12H,13H2,1-3H3,(H,24,29)(H,25,27). The number of amides is 2. The normalized spacial score (nSPS) is 11.0. The van der Waals surface area contributed by atoms with Crippen LogP contribution in [-0.4, -0.2) is 30.2 Å². The lowest BCUT2D eigenvalue weighted by molar-refractivity contribution is -0.123. The Bertz CT molecular complexity index is 1120.